The molecule has 0 bridgehead atoms. The molecule has 6 nitrogen and oxygen atoms in total. The van der Waals surface area contributed by atoms with E-state index in [-0.39, 0.29) is 0 Å². The molecule has 0 spiro atoms. The Morgan fingerprint density at radius 1 is 1.24 bits per heavy atom. The lowest BCUT2D eigenvalue weighted by Crippen LogP contribution is -2.18. The Hall–Kier alpha value is -2.55. The number of nitrogens with zero attached hydrogens (tertiary/aromatic N) is 1. The number of pyridine rings is 1. The van der Waals surface area contributed by atoms with Crippen LogP contribution >= 0.6 is 0 Å². The van der Waals surface area contributed by atoms with Crippen molar-refractivity contribution >= 4 is 21.7 Å². The molecule has 9 heteroatoms. The van der Waals surface area contributed by atoms with Crippen LogP contribution in [0, 0.1) is 11.6 Å². The van der Waals surface area contributed by atoms with Gasteiger partial charge in [-0.2, -0.15) is 8.42 Å². The van der Waals surface area contributed by atoms with Crippen molar-refractivity contribution < 1.29 is 27.1 Å². The van der Waals surface area contributed by atoms with E-state index in [4.69, 9.17) is 5.11 Å². The number of anilines is 1. The molecular weight excluding hydrogens is 306 g/mol. The number of rotatable bonds is 4. The molecule has 110 valence electrons. The lowest BCUT2D eigenvalue weighted by Gasteiger charge is -2.10. The van der Waals surface area contributed by atoms with Gasteiger partial charge in [-0.1, -0.05) is 0 Å². The fraction of sp³-hybridized carbons (Fsp3) is 0. The maximum Gasteiger partial charge on any atom is 0.337 e. The van der Waals surface area contributed by atoms with Crippen molar-refractivity contribution in [2.24, 2.45) is 0 Å². The van der Waals surface area contributed by atoms with Crippen molar-refractivity contribution in [1.29, 1.82) is 0 Å². The first-order chi connectivity index (χ1) is 9.81. The van der Waals surface area contributed by atoms with Crippen LogP contribution in [0.5, 0.6) is 0 Å². The van der Waals surface area contributed by atoms with Crippen molar-refractivity contribution in [2.75, 3.05) is 4.72 Å². The van der Waals surface area contributed by atoms with E-state index in [1.807, 2.05) is 4.72 Å². The van der Waals surface area contributed by atoms with Crippen molar-refractivity contribution in [3.8, 4) is 0 Å². The molecule has 2 aromatic rings. The summed E-state index contributed by atoms with van der Waals surface area (Å²) < 4.78 is 52.4. The van der Waals surface area contributed by atoms with Crippen LogP contribution < -0.4 is 4.72 Å². The van der Waals surface area contributed by atoms with Crippen molar-refractivity contribution in [3.63, 3.8) is 0 Å². The molecule has 0 radical (unpaired) electrons. The quantitative estimate of drug-likeness (QED) is 0.898. The summed E-state index contributed by atoms with van der Waals surface area (Å²) in [6.45, 7) is 0. The molecule has 0 aliphatic rings. The van der Waals surface area contributed by atoms with E-state index < -0.39 is 43.9 Å². The minimum Gasteiger partial charge on any atom is -0.478 e. The average molecular weight is 314 g/mol. The monoisotopic (exact) mass is 314 g/mol. The maximum absolute atomic E-state index is 13.5. The Labute approximate surface area is 118 Å². The molecule has 1 aromatic carbocycles. The third-order valence-electron chi connectivity index (χ3n) is 2.44. The molecule has 2 rings (SSSR count). The van der Waals surface area contributed by atoms with Crippen LogP contribution in [0.3, 0.4) is 0 Å². The van der Waals surface area contributed by atoms with E-state index in [0.717, 1.165) is 24.4 Å². The lowest BCUT2D eigenvalue weighted by molar-refractivity contribution is 0.0698. The average Bonchev–Trinajstić information content (AvgIpc) is 2.38. The second-order valence-electron chi connectivity index (χ2n) is 3.89. The first-order valence-electron chi connectivity index (χ1n) is 5.47. The van der Waals surface area contributed by atoms with E-state index in [9.17, 15) is 22.0 Å². The summed E-state index contributed by atoms with van der Waals surface area (Å²) in [5, 5.41) is 8.02. The molecule has 0 saturated heterocycles. The van der Waals surface area contributed by atoms with Gasteiger partial charge in [-0.15, -0.1) is 0 Å². The number of sulfonamides is 1. The Kier molecular flexibility index (Phi) is 3.85. The zero-order valence-electron chi connectivity index (χ0n) is 10.2. The van der Waals surface area contributed by atoms with Gasteiger partial charge < -0.3 is 5.11 Å². The molecule has 21 heavy (non-hydrogen) atoms. The van der Waals surface area contributed by atoms with Gasteiger partial charge in [0, 0.05) is 6.20 Å². The third-order valence-corrected chi connectivity index (χ3v) is 3.73. The highest BCUT2D eigenvalue weighted by Gasteiger charge is 2.23. The SMILES string of the molecule is O=C(O)c1ccc(F)cc1NS(=O)(=O)c1ncccc1F. The van der Waals surface area contributed by atoms with E-state index in [2.05, 4.69) is 4.98 Å². The minimum atomic E-state index is -4.48. The molecule has 0 aliphatic carbocycles. The van der Waals surface area contributed by atoms with Crippen LogP contribution in [0.1, 0.15) is 10.4 Å². The van der Waals surface area contributed by atoms with Gasteiger partial charge in [0.25, 0.3) is 10.0 Å². The molecule has 0 unspecified atom stereocenters. The number of hydrogen-bond acceptors (Lipinski definition) is 4. The molecule has 0 atom stereocenters. The van der Waals surface area contributed by atoms with Gasteiger partial charge in [0.05, 0.1) is 11.3 Å². The largest absolute Gasteiger partial charge is 0.478 e. The fourth-order valence-electron chi connectivity index (χ4n) is 1.55. The lowest BCUT2D eigenvalue weighted by atomic mass is 10.2. The van der Waals surface area contributed by atoms with Gasteiger partial charge in [-0.3, -0.25) is 4.72 Å². The van der Waals surface area contributed by atoms with Gasteiger partial charge in [0.1, 0.15) is 5.82 Å². The van der Waals surface area contributed by atoms with Gasteiger partial charge in [-0.05, 0) is 30.3 Å². The summed E-state index contributed by atoms with van der Waals surface area (Å²) in [5.41, 5.74) is -0.996. The zero-order valence-corrected chi connectivity index (χ0v) is 11.1. The van der Waals surface area contributed by atoms with Gasteiger partial charge in [0.2, 0.25) is 5.03 Å². The minimum absolute atomic E-state index is 0.476. The van der Waals surface area contributed by atoms with Gasteiger partial charge in [-0.25, -0.2) is 18.6 Å². The number of halogens is 2. The Morgan fingerprint density at radius 2 is 1.95 bits per heavy atom. The molecule has 1 heterocycles. The first-order valence-corrected chi connectivity index (χ1v) is 6.96. The number of nitrogens with one attached hydrogen (secondary N) is 1. The highest BCUT2D eigenvalue weighted by Crippen LogP contribution is 2.21. The molecule has 0 saturated carbocycles. The summed E-state index contributed by atoms with van der Waals surface area (Å²) in [4.78, 5) is 14.4. The van der Waals surface area contributed by atoms with Crippen LogP contribution in [0.15, 0.2) is 41.6 Å². The number of hydrogen-bond donors (Lipinski definition) is 2. The normalized spacial score (nSPS) is 11.1. The van der Waals surface area contributed by atoms with E-state index in [0.29, 0.717) is 6.07 Å². The van der Waals surface area contributed by atoms with Crippen LogP contribution in [-0.2, 0) is 10.0 Å². The van der Waals surface area contributed by atoms with E-state index in [1.165, 1.54) is 6.07 Å². The number of aromatic nitrogens is 1. The van der Waals surface area contributed by atoms with Crippen molar-refractivity contribution in [2.45, 2.75) is 5.03 Å². The third kappa shape index (κ3) is 3.14. The highest BCUT2D eigenvalue weighted by atomic mass is 32.2. The summed E-state index contributed by atoms with van der Waals surface area (Å²) in [5.74, 6) is -3.42. The Morgan fingerprint density at radius 3 is 2.57 bits per heavy atom. The Bertz CT molecular complexity index is 809. The maximum atomic E-state index is 13.5. The van der Waals surface area contributed by atoms with Gasteiger partial charge >= 0.3 is 5.97 Å². The predicted molar refractivity (Wildman–Crippen MR) is 68.4 cm³/mol. The van der Waals surface area contributed by atoms with Crippen LogP contribution in [0.2, 0.25) is 0 Å². The predicted octanol–water partition coefficient (Wildman–Crippen LogP) is 1.86. The molecule has 0 aliphatic heterocycles. The van der Waals surface area contributed by atoms with E-state index in [1.54, 1.807) is 0 Å². The molecule has 2 N–H and O–H groups in total. The van der Waals surface area contributed by atoms with Crippen LogP contribution in [-0.4, -0.2) is 24.5 Å². The summed E-state index contributed by atoms with van der Waals surface area (Å²) in [6, 6.07) is 4.51. The number of carboxylic acids is 1. The molecular formula is C12H8F2N2O4S. The topological polar surface area (TPSA) is 96.4 Å². The molecule has 1 aromatic heterocycles. The second kappa shape index (κ2) is 5.44. The number of benzene rings is 1. The van der Waals surface area contributed by atoms with Crippen molar-refractivity contribution in [1.82, 2.24) is 4.98 Å². The Balaban J connectivity index is 2.49. The second-order valence-corrected chi connectivity index (χ2v) is 5.49. The zero-order chi connectivity index (χ0) is 15.6. The van der Waals surface area contributed by atoms with Crippen LogP contribution in [0.25, 0.3) is 0 Å². The van der Waals surface area contributed by atoms with Crippen molar-refractivity contribution in [3.05, 3.63) is 53.7 Å². The standard InChI is InChI=1S/C12H8F2N2O4S/c13-7-3-4-8(12(17)18)10(6-7)16-21(19,20)11-9(14)2-1-5-15-11/h1-6,16H,(H,17,18). The highest BCUT2D eigenvalue weighted by molar-refractivity contribution is 7.92. The smallest absolute Gasteiger partial charge is 0.337 e. The fourth-order valence-corrected chi connectivity index (χ4v) is 2.63. The summed E-state index contributed by atoms with van der Waals surface area (Å²) >= 11 is 0. The summed E-state index contributed by atoms with van der Waals surface area (Å²) in [7, 11) is -4.48. The number of aromatic carboxylic acids is 1. The van der Waals surface area contributed by atoms with Gasteiger partial charge in [0.15, 0.2) is 5.82 Å². The molecule has 0 fully saturated rings. The number of carbonyl (C=O) groups is 1. The number of carboxylic acid groups (broad SMARTS) is 1. The van der Waals surface area contributed by atoms with E-state index >= 15 is 0 Å². The van der Waals surface area contributed by atoms with Crippen LogP contribution in [0.4, 0.5) is 14.5 Å². The first kappa shape index (κ1) is 14.9. The summed E-state index contributed by atoms with van der Waals surface area (Å²) in [6.07, 6.45) is 1.06. The molecule has 0 amide bonds.